The Kier molecular flexibility index (Phi) is 4.22. The molecule has 1 N–H and O–H groups in total. The van der Waals surface area contributed by atoms with E-state index in [1.165, 1.54) is 35.6 Å². The standard InChI is InChI=1S/C25H26O3/c1-24(2)12-13-25(3,4)21-14-16(8-10-20(21)24)18-6-5-7-22-19(18)15-17(28-22)9-11-23(26)27/h5-11,14-15H,12-13H2,1-4H3,(H,26,27)/b11-9+. The third kappa shape index (κ3) is 3.15. The van der Waals surface area contributed by atoms with Gasteiger partial charge in [0, 0.05) is 11.5 Å². The van der Waals surface area contributed by atoms with Gasteiger partial charge in [0.2, 0.25) is 0 Å². The van der Waals surface area contributed by atoms with Crippen molar-refractivity contribution in [1.29, 1.82) is 0 Å². The summed E-state index contributed by atoms with van der Waals surface area (Å²) in [4.78, 5) is 10.8. The first kappa shape index (κ1) is 18.5. The Hall–Kier alpha value is -2.81. The number of hydrogen-bond donors (Lipinski definition) is 1. The zero-order valence-corrected chi connectivity index (χ0v) is 16.9. The average Bonchev–Trinajstić information content (AvgIpc) is 3.07. The van der Waals surface area contributed by atoms with E-state index in [0.29, 0.717) is 5.76 Å². The highest BCUT2D eigenvalue weighted by molar-refractivity contribution is 5.96. The number of rotatable bonds is 3. The van der Waals surface area contributed by atoms with Gasteiger partial charge in [-0.1, -0.05) is 58.0 Å². The molecule has 3 nitrogen and oxygen atoms in total. The van der Waals surface area contributed by atoms with E-state index in [1.807, 2.05) is 18.2 Å². The first-order valence-corrected chi connectivity index (χ1v) is 9.76. The minimum Gasteiger partial charge on any atom is -0.478 e. The maximum Gasteiger partial charge on any atom is 0.328 e. The molecule has 1 heterocycles. The molecule has 0 radical (unpaired) electrons. The number of aliphatic carboxylic acids is 1. The lowest BCUT2D eigenvalue weighted by Gasteiger charge is -2.42. The number of carboxylic acid groups (broad SMARTS) is 1. The van der Waals surface area contributed by atoms with Gasteiger partial charge < -0.3 is 9.52 Å². The maximum atomic E-state index is 10.8. The van der Waals surface area contributed by atoms with Crippen molar-refractivity contribution < 1.29 is 14.3 Å². The Morgan fingerprint density at radius 2 is 1.71 bits per heavy atom. The van der Waals surface area contributed by atoms with Gasteiger partial charge in [0.05, 0.1) is 0 Å². The third-order valence-corrected chi connectivity index (χ3v) is 6.13. The van der Waals surface area contributed by atoms with Crippen LogP contribution in [0, 0.1) is 0 Å². The zero-order valence-electron chi connectivity index (χ0n) is 16.9. The van der Waals surface area contributed by atoms with Crippen LogP contribution in [0.2, 0.25) is 0 Å². The molecule has 0 saturated carbocycles. The summed E-state index contributed by atoms with van der Waals surface area (Å²) in [7, 11) is 0. The fourth-order valence-electron chi connectivity index (χ4n) is 4.32. The van der Waals surface area contributed by atoms with Gasteiger partial charge in [-0.25, -0.2) is 4.79 Å². The maximum absolute atomic E-state index is 10.8. The molecule has 3 heteroatoms. The number of furan rings is 1. The number of benzene rings is 2. The summed E-state index contributed by atoms with van der Waals surface area (Å²) in [5, 5.41) is 9.86. The summed E-state index contributed by atoms with van der Waals surface area (Å²) < 4.78 is 5.82. The van der Waals surface area contributed by atoms with Gasteiger partial charge in [0.15, 0.2) is 0 Å². The summed E-state index contributed by atoms with van der Waals surface area (Å²) in [5.41, 5.74) is 6.26. The molecule has 1 aliphatic carbocycles. The van der Waals surface area contributed by atoms with Gasteiger partial charge in [-0.2, -0.15) is 0 Å². The summed E-state index contributed by atoms with van der Waals surface area (Å²) in [6.07, 6.45) is 4.96. The van der Waals surface area contributed by atoms with Crippen LogP contribution in [-0.2, 0) is 15.6 Å². The largest absolute Gasteiger partial charge is 0.478 e. The van der Waals surface area contributed by atoms with E-state index >= 15 is 0 Å². The van der Waals surface area contributed by atoms with Gasteiger partial charge in [-0.3, -0.25) is 0 Å². The van der Waals surface area contributed by atoms with E-state index in [0.717, 1.165) is 22.6 Å². The molecule has 0 amide bonds. The number of fused-ring (bicyclic) bond motifs is 2. The van der Waals surface area contributed by atoms with Crippen molar-refractivity contribution in [2.45, 2.75) is 51.4 Å². The Bertz CT molecular complexity index is 1100. The lowest BCUT2D eigenvalue weighted by molar-refractivity contribution is -0.131. The van der Waals surface area contributed by atoms with Gasteiger partial charge in [-0.05, 0) is 64.1 Å². The van der Waals surface area contributed by atoms with Crippen LogP contribution in [0.3, 0.4) is 0 Å². The Morgan fingerprint density at radius 3 is 2.43 bits per heavy atom. The van der Waals surface area contributed by atoms with Crippen molar-refractivity contribution in [3.63, 3.8) is 0 Å². The van der Waals surface area contributed by atoms with Crippen molar-refractivity contribution >= 4 is 23.0 Å². The lowest BCUT2D eigenvalue weighted by atomic mass is 9.63. The first-order chi connectivity index (χ1) is 13.2. The summed E-state index contributed by atoms with van der Waals surface area (Å²) >= 11 is 0. The minimum absolute atomic E-state index is 0.153. The Balaban J connectivity index is 1.86. The third-order valence-electron chi connectivity index (χ3n) is 6.13. The second-order valence-corrected chi connectivity index (χ2v) is 9.07. The molecule has 0 saturated heterocycles. The molecule has 0 atom stereocenters. The normalized spacial score (nSPS) is 17.7. The van der Waals surface area contributed by atoms with Crippen LogP contribution in [0.4, 0.5) is 0 Å². The topological polar surface area (TPSA) is 50.4 Å². The molecular weight excluding hydrogens is 348 g/mol. The molecule has 2 aromatic carbocycles. The smallest absolute Gasteiger partial charge is 0.328 e. The molecule has 28 heavy (non-hydrogen) atoms. The van der Waals surface area contributed by atoms with E-state index in [2.05, 4.69) is 52.0 Å². The van der Waals surface area contributed by atoms with Crippen LogP contribution in [-0.4, -0.2) is 11.1 Å². The van der Waals surface area contributed by atoms with Crippen molar-refractivity contribution in [2.75, 3.05) is 0 Å². The van der Waals surface area contributed by atoms with Crippen LogP contribution in [0.1, 0.15) is 57.4 Å². The molecule has 144 valence electrons. The second-order valence-electron chi connectivity index (χ2n) is 9.07. The number of carboxylic acids is 1. The predicted octanol–water partition coefficient (Wildman–Crippen LogP) is 6.55. The highest BCUT2D eigenvalue weighted by Gasteiger charge is 2.37. The summed E-state index contributed by atoms with van der Waals surface area (Å²) in [6.45, 7) is 9.33. The minimum atomic E-state index is -0.986. The van der Waals surface area contributed by atoms with Gasteiger partial charge in [0.1, 0.15) is 11.3 Å². The van der Waals surface area contributed by atoms with Crippen LogP contribution >= 0.6 is 0 Å². The number of carbonyl (C=O) groups is 1. The lowest BCUT2D eigenvalue weighted by Crippen LogP contribution is -2.33. The van der Waals surface area contributed by atoms with E-state index in [9.17, 15) is 4.79 Å². The first-order valence-electron chi connectivity index (χ1n) is 9.76. The molecule has 0 spiro atoms. The predicted molar refractivity (Wildman–Crippen MR) is 114 cm³/mol. The van der Waals surface area contributed by atoms with Crippen molar-refractivity contribution in [3.05, 3.63) is 65.4 Å². The van der Waals surface area contributed by atoms with E-state index < -0.39 is 5.97 Å². The molecule has 0 unspecified atom stereocenters. The molecule has 1 aliphatic rings. The van der Waals surface area contributed by atoms with Crippen LogP contribution in [0.25, 0.3) is 28.2 Å². The van der Waals surface area contributed by atoms with Gasteiger partial charge >= 0.3 is 5.97 Å². The zero-order chi connectivity index (χ0) is 20.1. The quantitative estimate of drug-likeness (QED) is 0.529. The van der Waals surface area contributed by atoms with Crippen LogP contribution in [0.5, 0.6) is 0 Å². The molecule has 0 fully saturated rings. The van der Waals surface area contributed by atoms with E-state index in [4.69, 9.17) is 9.52 Å². The van der Waals surface area contributed by atoms with Gasteiger partial charge in [-0.15, -0.1) is 0 Å². The molecule has 3 aromatic rings. The monoisotopic (exact) mass is 374 g/mol. The molecule has 0 aliphatic heterocycles. The van der Waals surface area contributed by atoms with Crippen molar-refractivity contribution in [1.82, 2.24) is 0 Å². The molecule has 0 bridgehead atoms. The van der Waals surface area contributed by atoms with Crippen LogP contribution in [0.15, 0.2) is 53.0 Å². The summed E-state index contributed by atoms with van der Waals surface area (Å²) in [6, 6.07) is 14.8. The fraction of sp³-hybridized carbons (Fsp3) is 0.320. The Labute approximate surface area is 165 Å². The Morgan fingerprint density at radius 1 is 1.00 bits per heavy atom. The van der Waals surface area contributed by atoms with Crippen molar-refractivity contribution in [3.8, 4) is 11.1 Å². The number of hydrogen-bond acceptors (Lipinski definition) is 2. The SMILES string of the molecule is CC1(C)CCC(C)(C)c2cc(-c3cccc4oc(/C=C/C(=O)O)cc34)ccc21. The van der Waals surface area contributed by atoms with E-state index in [-0.39, 0.29) is 10.8 Å². The second kappa shape index (κ2) is 6.37. The molecular formula is C25H26O3. The van der Waals surface area contributed by atoms with Crippen molar-refractivity contribution in [2.24, 2.45) is 0 Å². The van der Waals surface area contributed by atoms with Gasteiger partial charge in [0.25, 0.3) is 0 Å². The van der Waals surface area contributed by atoms with E-state index in [1.54, 1.807) is 0 Å². The highest BCUT2D eigenvalue weighted by Crippen LogP contribution is 2.47. The highest BCUT2D eigenvalue weighted by atomic mass is 16.4. The summed E-state index contributed by atoms with van der Waals surface area (Å²) in [5.74, 6) is -0.440. The fourth-order valence-corrected chi connectivity index (χ4v) is 4.32. The molecule has 1 aromatic heterocycles. The average molecular weight is 374 g/mol. The van der Waals surface area contributed by atoms with Crippen LogP contribution < -0.4 is 0 Å². The molecule has 4 rings (SSSR count).